The standard InChI is InChI=1S/C72H120O6/c1-4-7-10-13-16-19-22-25-28-30-32-33-34-35-36-37-38-39-40-42-44-47-50-53-56-59-62-65-71(74)77-68-69(67-76-70(73)64-61-58-55-52-49-46-43-27-24-21-18-15-12-9-6-3)78-72(75)66-63-60-57-54-51-48-45-41-31-29-26-23-20-17-14-11-8-5-2/h7,9-10,12,16,18-19,21,25,27-28,32-33,35-36,38-39,43,49,52,69H,4-6,8,11,13-15,17,20,22-24,26,29-31,34,37,40-42,44-48,50-51,53-68H2,1-3H3/b10-7-,12-9-,19-16-,21-18-,28-25-,33-32-,36-35-,39-38-,43-27-,52-49-. The van der Waals surface area contributed by atoms with Gasteiger partial charge in [-0.1, -0.05) is 290 Å². The molecule has 444 valence electrons. The van der Waals surface area contributed by atoms with Crippen LogP contribution in [0.1, 0.15) is 297 Å². The Bertz CT molecular complexity index is 1620. The topological polar surface area (TPSA) is 78.9 Å². The number of hydrogen-bond acceptors (Lipinski definition) is 6. The number of rotatable bonds is 58. The van der Waals surface area contributed by atoms with E-state index in [1.54, 1.807) is 0 Å². The van der Waals surface area contributed by atoms with E-state index in [-0.39, 0.29) is 31.1 Å². The van der Waals surface area contributed by atoms with Crippen molar-refractivity contribution in [3.63, 3.8) is 0 Å². The van der Waals surface area contributed by atoms with E-state index in [0.29, 0.717) is 19.3 Å². The van der Waals surface area contributed by atoms with Crippen molar-refractivity contribution in [2.45, 2.75) is 303 Å². The fourth-order valence-corrected chi connectivity index (χ4v) is 8.91. The molecule has 0 heterocycles. The van der Waals surface area contributed by atoms with Crippen LogP contribution >= 0.6 is 0 Å². The van der Waals surface area contributed by atoms with E-state index in [1.807, 2.05) is 0 Å². The van der Waals surface area contributed by atoms with Gasteiger partial charge in [0.2, 0.25) is 0 Å². The van der Waals surface area contributed by atoms with E-state index in [0.717, 1.165) is 128 Å². The van der Waals surface area contributed by atoms with Gasteiger partial charge >= 0.3 is 17.9 Å². The van der Waals surface area contributed by atoms with Gasteiger partial charge < -0.3 is 14.2 Å². The Morgan fingerprint density at radius 1 is 0.269 bits per heavy atom. The van der Waals surface area contributed by atoms with Crippen molar-refractivity contribution in [1.82, 2.24) is 0 Å². The van der Waals surface area contributed by atoms with Gasteiger partial charge in [-0.05, 0) is 109 Å². The highest BCUT2D eigenvalue weighted by molar-refractivity contribution is 5.71. The van der Waals surface area contributed by atoms with Crippen LogP contribution in [-0.4, -0.2) is 37.2 Å². The molecule has 0 rings (SSSR count). The SMILES string of the molecule is CC/C=C\C/C=C\C/C=C\C/C=C\C/C=C\C/C=C\CCCCCCCCCCC(=O)OCC(COC(=O)CCCC/C=C\C/C=C\C/C=C\C/C=C\CC)OC(=O)CCCCCCCCCCCCCCCCCCCC. The van der Waals surface area contributed by atoms with Crippen LogP contribution in [0, 0.1) is 0 Å². The van der Waals surface area contributed by atoms with Crippen molar-refractivity contribution >= 4 is 17.9 Å². The van der Waals surface area contributed by atoms with Crippen molar-refractivity contribution < 1.29 is 28.6 Å². The Kier molecular flexibility index (Phi) is 61.8. The molecule has 78 heavy (non-hydrogen) atoms. The molecule has 0 amide bonds. The van der Waals surface area contributed by atoms with E-state index in [9.17, 15) is 14.4 Å². The maximum atomic E-state index is 12.9. The molecule has 0 saturated heterocycles. The van der Waals surface area contributed by atoms with Crippen LogP contribution in [-0.2, 0) is 28.6 Å². The smallest absolute Gasteiger partial charge is 0.306 e. The molecule has 0 aromatic rings. The summed E-state index contributed by atoms with van der Waals surface area (Å²) in [4.78, 5) is 38.3. The molecule has 0 aliphatic heterocycles. The van der Waals surface area contributed by atoms with Crippen LogP contribution in [0.15, 0.2) is 122 Å². The summed E-state index contributed by atoms with van der Waals surface area (Å²) in [6.45, 7) is 6.39. The Balaban J connectivity index is 4.39. The molecule has 0 spiro atoms. The van der Waals surface area contributed by atoms with Gasteiger partial charge in [-0.2, -0.15) is 0 Å². The lowest BCUT2D eigenvalue weighted by Gasteiger charge is -2.18. The van der Waals surface area contributed by atoms with Gasteiger partial charge in [-0.3, -0.25) is 14.4 Å². The highest BCUT2D eigenvalue weighted by Crippen LogP contribution is 2.16. The lowest BCUT2D eigenvalue weighted by Crippen LogP contribution is -2.30. The minimum absolute atomic E-state index is 0.0959. The number of ether oxygens (including phenoxy) is 3. The van der Waals surface area contributed by atoms with E-state index in [2.05, 4.69) is 142 Å². The quantitative estimate of drug-likeness (QED) is 0.0261. The van der Waals surface area contributed by atoms with E-state index in [4.69, 9.17) is 14.2 Å². The Morgan fingerprint density at radius 3 is 0.808 bits per heavy atom. The van der Waals surface area contributed by atoms with Gasteiger partial charge in [0, 0.05) is 19.3 Å². The molecule has 0 aromatic heterocycles. The third kappa shape index (κ3) is 62.7. The summed E-state index contributed by atoms with van der Waals surface area (Å²) in [5, 5.41) is 0. The highest BCUT2D eigenvalue weighted by atomic mass is 16.6. The van der Waals surface area contributed by atoms with Crippen LogP contribution in [0.5, 0.6) is 0 Å². The van der Waals surface area contributed by atoms with Crippen LogP contribution < -0.4 is 0 Å². The first-order valence-electron chi connectivity index (χ1n) is 32.5. The molecule has 6 nitrogen and oxygen atoms in total. The van der Waals surface area contributed by atoms with Crippen LogP contribution in [0.4, 0.5) is 0 Å². The van der Waals surface area contributed by atoms with E-state index >= 15 is 0 Å². The largest absolute Gasteiger partial charge is 0.462 e. The second-order valence-electron chi connectivity index (χ2n) is 21.3. The van der Waals surface area contributed by atoms with Crippen molar-refractivity contribution in [3.8, 4) is 0 Å². The molecule has 0 saturated carbocycles. The molecule has 0 N–H and O–H groups in total. The summed E-state index contributed by atoms with van der Waals surface area (Å²) < 4.78 is 16.9. The lowest BCUT2D eigenvalue weighted by atomic mass is 10.0. The first kappa shape index (κ1) is 73.8. The average molecular weight is 1080 g/mol. The molecule has 1 atom stereocenters. The van der Waals surface area contributed by atoms with Crippen LogP contribution in [0.25, 0.3) is 0 Å². The Morgan fingerprint density at radius 2 is 0.500 bits per heavy atom. The average Bonchev–Trinajstić information content (AvgIpc) is 3.44. The molecule has 0 fully saturated rings. The highest BCUT2D eigenvalue weighted by Gasteiger charge is 2.19. The third-order valence-corrected chi connectivity index (χ3v) is 13.7. The zero-order valence-electron chi connectivity index (χ0n) is 50.9. The number of unbranched alkanes of at least 4 members (excludes halogenated alkanes) is 27. The van der Waals surface area contributed by atoms with Gasteiger partial charge in [0.25, 0.3) is 0 Å². The van der Waals surface area contributed by atoms with E-state index < -0.39 is 6.10 Å². The zero-order chi connectivity index (χ0) is 56.4. The molecule has 0 aliphatic rings. The number of carbonyl (C=O) groups is 3. The predicted octanol–water partition coefficient (Wildman–Crippen LogP) is 22.4. The molecule has 0 radical (unpaired) electrons. The predicted molar refractivity (Wildman–Crippen MR) is 339 cm³/mol. The summed E-state index contributed by atoms with van der Waals surface area (Å²) in [6, 6.07) is 0. The maximum absolute atomic E-state index is 12.9. The van der Waals surface area contributed by atoms with Crippen LogP contribution in [0.3, 0.4) is 0 Å². The summed E-state index contributed by atoms with van der Waals surface area (Å²) >= 11 is 0. The fourth-order valence-electron chi connectivity index (χ4n) is 8.91. The molecular weight excluding hydrogens is 961 g/mol. The van der Waals surface area contributed by atoms with Crippen molar-refractivity contribution in [2.24, 2.45) is 0 Å². The van der Waals surface area contributed by atoms with Gasteiger partial charge in [-0.15, -0.1) is 0 Å². The third-order valence-electron chi connectivity index (χ3n) is 13.7. The summed E-state index contributed by atoms with van der Waals surface area (Å²) in [6.07, 6.45) is 90.6. The molecule has 0 aromatic carbocycles. The molecule has 0 aliphatic carbocycles. The monoisotopic (exact) mass is 1080 g/mol. The van der Waals surface area contributed by atoms with Gasteiger partial charge in [0.05, 0.1) is 0 Å². The minimum Gasteiger partial charge on any atom is -0.462 e. The minimum atomic E-state index is -0.801. The van der Waals surface area contributed by atoms with Crippen molar-refractivity contribution in [2.75, 3.05) is 13.2 Å². The molecule has 0 bridgehead atoms. The first-order valence-corrected chi connectivity index (χ1v) is 32.5. The molecule has 6 heteroatoms. The maximum Gasteiger partial charge on any atom is 0.306 e. The lowest BCUT2D eigenvalue weighted by molar-refractivity contribution is -0.167. The molecule has 1 unspecified atom stereocenters. The van der Waals surface area contributed by atoms with Gasteiger partial charge in [0.15, 0.2) is 6.10 Å². The Hall–Kier alpha value is -4.19. The van der Waals surface area contributed by atoms with Crippen LogP contribution in [0.2, 0.25) is 0 Å². The van der Waals surface area contributed by atoms with Gasteiger partial charge in [-0.25, -0.2) is 0 Å². The molecular formula is C72H120O6. The van der Waals surface area contributed by atoms with Crippen molar-refractivity contribution in [1.29, 1.82) is 0 Å². The second kappa shape index (κ2) is 65.3. The number of allylic oxidation sites excluding steroid dienone is 20. The Labute approximate surface area is 482 Å². The summed E-state index contributed by atoms with van der Waals surface area (Å²) in [7, 11) is 0. The van der Waals surface area contributed by atoms with E-state index in [1.165, 1.54) is 128 Å². The first-order chi connectivity index (χ1) is 38.5. The normalized spacial score (nSPS) is 12.9. The number of carbonyl (C=O) groups excluding carboxylic acids is 3. The number of hydrogen-bond donors (Lipinski definition) is 0. The van der Waals surface area contributed by atoms with Gasteiger partial charge in [0.1, 0.15) is 13.2 Å². The second-order valence-corrected chi connectivity index (χ2v) is 21.3. The fraction of sp³-hybridized carbons (Fsp3) is 0.681. The summed E-state index contributed by atoms with van der Waals surface area (Å²) in [5.41, 5.74) is 0. The van der Waals surface area contributed by atoms with Crippen molar-refractivity contribution in [3.05, 3.63) is 122 Å². The zero-order valence-corrected chi connectivity index (χ0v) is 50.9. The number of esters is 3. The summed E-state index contributed by atoms with van der Waals surface area (Å²) in [5.74, 6) is -0.938.